The summed E-state index contributed by atoms with van der Waals surface area (Å²) < 4.78 is 29.8. The molecule has 0 unspecified atom stereocenters. The number of hydrogen-bond acceptors (Lipinski definition) is 4. The Balaban J connectivity index is 3.20. The normalized spacial score (nSPS) is 10.9. The first kappa shape index (κ1) is 13.3. The number of carboxylic acid groups (broad SMARTS) is 1. The van der Waals surface area contributed by atoms with Crippen LogP contribution in [0, 0.1) is 0 Å². The van der Waals surface area contributed by atoms with Crippen LogP contribution in [0.4, 0.5) is 5.69 Å². The average Bonchev–Trinajstić information content (AvgIpc) is 2.29. The summed E-state index contributed by atoms with van der Waals surface area (Å²) in [7, 11) is -2.10. The molecular formula is C10H13NO5S. The topological polar surface area (TPSA) is 92.7 Å². The highest BCUT2D eigenvalue weighted by molar-refractivity contribution is 7.92. The van der Waals surface area contributed by atoms with E-state index in [4.69, 9.17) is 9.84 Å². The molecule has 0 atom stereocenters. The van der Waals surface area contributed by atoms with Crippen molar-refractivity contribution in [2.24, 2.45) is 0 Å². The maximum atomic E-state index is 11.4. The Morgan fingerprint density at radius 1 is 1.47 bits per heavy atom. The van der Waals surface area contributed by atoms with Crippen molar-refractivity contribution in [3.8, 4) is 5.75 Å². The number of benzene rings is 1. The van der Waals surface area contributed by atoms with E-state index in [-0.39, 0.29) is 17.0 Å². The average molecular weight is 259 g/mol. The van der Waals surface area contributed by atoms with Gasteiger partial charge in [0.05, 0.1) is 24.1 Å². The molecule has 0 saturated heterocycles. The molecule has 0 fully saturated rings. The number of carboxylic acids is 1. The van der Waals surface area contributed by atoms with E-state index in [0.29, 0.717) is 5.75 Å². The van der Waals surface area contributed by atoms with Gasteiger partial charge in [-0.05, 0) is 25.1 Å². The van der Waals surface area contributed by atoms with E-state index < -0.39 is 16.0 Å². The molecule has 1 aromatic rings. The second-order valence-corrected chi connectivity index (χ2v) is 5.23. The van der Waals surface area contributed by atoms with Gasteiger partial charge >= 0.3 is 5.97 Å². The zero-order valence-corrected chi connectivity index (χ0v) is 10.2. The fraction of sp³-hybridized carbons (Fsp3) is 0.300. The van der Waals surface area contributed by atoms with Gasteiger partial charge in [-0.15, -0.1) is 0 Å². The van der Waals surface area contributed by atoms with E-state index >= 15 is 0 Å². The maximum Gasteiger partial charge on any atom is 0.337 e. The highest BCUT2D eigenvalue weighted by atomic mass is 32.2. The molecule has 0 saturated carbocycles. The van der Waals surface area contributed by atoms with Crippen molar-refractivity contribution in [3.05, 3.63) is 23.8 Å². The summed E-state index contributed by atoms with van der Waals surface area (Å²) in [5.41, 5.74) is -0.124. The highest BCUT2D eigenvalue weighted by Crippen LogP contribution is 2.23. The third kappa shape index (κ3) is 3.35. The first-order chi connectivity index (χ1) is 7.89. The molecular weight excluding hydrogens is 246 g/mol. The molecule has 0 radical (unpaired) electrons. The minimum Gasteiger partial charge on any atom is -0.497 e. The number of ether oxygens (including phenoxy) is 1. The third-order valence-corrected chi connectivity index (χ3v) is 3.39. The van der Waals surface area contributed by atoms with E-state index in [2.05, 4.69) is 4.72 Å². The van der Waals surface area contributed by atoms with Crippen molar-refractivity contribution < 1.29 is 23.1 Å². The summed E-state index contributed by atoms with van der Waals surface area (Å²) in [5.74, 6) is -1.00. The Bertz CT molecular complexity index is 523. The molecule has 7 heteroatoms. The van der Waals surface area contributed by atoms with E-state index in [9.17, 15) is 13.2 Å². The highest BCUT2D eigenvalue weighted by Gasteiger charge is 2.15. The minimum atomic E-state index is -3.50. The van der Waals surface area contributed by atoms with Crippen LogP contribution in [0.2, 0.25) is 0 Å². The SMILES string of the molecule is CCS(=O)(=O)Nc1ccc(OC)cc1C(=O)O. The fourth-order valence-electron chi connectivity index (χ4n) is 1.16. The predicted octanol–water partition coefficient (Wildman–Crippen LogP) is 1.16. The van der Waals surface area contributed by atoms with Crippen molar-refractivity contribution in [1.29, 1.82) is 0 Å². The quantitative estimate of drug-likeness (QED) is 0.827. The maximum absolute atomic E-state index is 11.4. The van der Waals surface area contributed by atoms with Gasteiger partial charge in [-0.2, -0.15) is 0 Å². The third-order valence-electron chi connectivity index (χ3n) is 2.10. The summed E-state index contributed by atoms with van der Waals surface area (Å²) >= 11 is 0. The van der Waals surface area contributed by atoms with Crippen LogP contribution in [0.25, 0.3) is 0 Å². The summed E-state index contributed by atoms with van der Waals surface area (Å²) in [5, 5.41) is 8.96. The van der Waals surface area contributed by atoms with Crippen LogP contribution in [0.1, 0.15) is 17.3 Å². The number of methoxy groups -OCH3 is 1. The van der Waals surface area contributed by atoms with E-state index in [1.54, 1.807) is 0 Å². The van der Waals surface area contributed by atoms with Gasteiger partial charge in [-0.3, -0.25) is 4.72 Å². The molecule has 0 bridgehead atoms. The van der Waals surface area contributed by atoms with Gasteiger partial charge < -0.3 is 9.84 Å². The van der Waals surface area contributed by atoms with Gasteiger partial charge in [0.25, 0.3) is 0 Å². The number of sulfonamides is 1. The Hall–Kier alpha value is -1.76. The Morgan fingerprint density at radius 3 is 2.59 bits per heavy atom. The van der Waals surface area contributed by atoms with Crippen molar-refractivity contribution >= 4 is 21.7 Å². The van der Waals surface area contributed by atoms with Crippen LogP contribution >= 0.6 is 0 Å². The molecule has 0 aliphatic rings. The van der Waals surface area contributed by atoms with Gasteiger partial charge in [0.2, 0.25) is 10.0 Å². The number of nitrogens with one attached hydrogen (secondary N) is 1. The monoisotopic (exact) mass is 259 g/mol. The molecule has 2 N–H and O–H groups in total. The fourth-order valence-corrected chi connectivity index (χ4v) is 1.81. The standard InChI is InChI=1S/C10H13NO5S/c1-3-17(14,15)11-9-5-4-7(16-2)6-8(9)10(12)13/h4-6,11H,3H2,1-2H3,(H,12,13). The van der Waals surface area contributed by atoms with Crippen molar-refractivity contribution in [2.75, 3.05) is 17.6 Å². The predicted molar refractivity (Wildman–Crippen MR) is 63.0 cm³/mol. The summed E-state index contributed by atoms with van der Waals surface area (Å²) in [6, 6.07) is 4.10. The summed E-state index contributed by atoms with van der Waals surface area (Å²) in [4.78, 5) is 11.0. The molecule has 0 heterocycles. The van der Waals surface area contributed by atoms with Crippen molar-refractivity contribution in [1.82, 2.24) is 0 Å². The molecule has 0 amide bonds. The lowest BCUT2D eigenvalue weighted by Gasteiger charge is -2.10. The first-order valence-corrected chi connectivity index (χ1v) is 6.46. The number of rotatable bonds is 5. The molecule has 0 aromatic heterocycles. The van der Waals surface area contributed by atoms with E-state index in [1.165, 1.54) is 32.2 Å². The van der Waals surface area contributed by atoms with E-state index in [0.717, 1.165) is 0 Å². The van der Waals surface area contributed by atoms with Crippen LogP contribution in [0.3, 0.4) is 0 Å². The van der Waals surface area contributed by atoms with Crippen LogP contribution in [-0.4, -0.2) is 32.4 Å². The van der Waals surface area contributed by atoms with Gasteiger partial charge in [0.1, 0.15) is 5.75 Å². The number of carbonyl (C=O) groups is 1. The molecule has 1 rings (SSSR count). The van der Waals surface area contributed by atoms with Crippen LogP contribution < -0.4 is 9.46 Å². The van der Waals surface area contributed by atoms with Crippen LogP contribution in [0.5, 0.6) is 5.75 Å². The Kier molecular flexibility index (Phi) is 3.95. The Morgan fingerprint density at radius 2 is 2.12 bits per heavy atom. The van der Waals surface area contributed by atoms with Gasteiger partial charge in [0, 0.05) is 0 Å². The second-order valence-electron chi connectivity index (χ2n) is 3.22. The molecule has 0 aliphatic carbocycles. The minimum absolute atomic E-state index is 0.0279. The lowest BCUT2D eigenvalue weighted by Crippen LogP contribution is -2.17. The van der Waals surface area contributed by atoms with Crippen LogP contribution in [-0.2, 0) is 10.0 Å². The Labute approximate surface area is 99.3 Å². The number of hydrogen-bond donors (Lipinski definition) is 2. The zero-order chi connectivity index (χ0) is 13.1. The lowest BCUT2D eigenvalue weighted by atomic mass is 10.2. The molecule has 0 spiro atoms. The molecule has 6 nitrogen and oxygen atoms in total. The van der Waals surface area contributed by atoms with E-state index in [1.807, 2.05) is 0 Å². The summed E-state index contributed by atoms with van der Waals surface area (Å²) in [6.07, 6.45) is 0. The number of anilines is 1. The van der Waals surface area contributed by atoms with Crippen molar-refractivity contribution in [2.45, 2.75) is 6.92 Å². The van der Waals surface area contributed by atoms with Crippen LogP contribution in [0.15, 0.2) is 18.2 Å². The van der Waals surface area contributed by atoms with Gasteiger partial charge in [-0.25, -0.2) is 13.2 Å². The molecule has 94 valence electrons. The molecule has 0 aliphatic heterocycles. The number of aromatic carboxylic acids is 1. The first-order valence-electron chi connectivity index (χ1n) is 4.81. The lowest BCUT2D eigenvalue weighted by molar-refractivity contribution is 0.0697. The molecule has 1 aromatic carbocycles. The zero-order valence-electron chi connectivity index (χ0n) is 9.43. The van der Waals surface area contributed by atoms with Gasteiger partial charge in [-0.1, -0.05) is 0 Å². The molecule has 17 heavy (non-hydrogen) atoms. The second kappa shape index (κ2) is 5.05. The van der Waals surface area contributed by atoms with Crippen molar-refractivity contribution in [3.63, 3.8) is 0 Å². The van der Waals surface area contributed by atoms with Gasteiger partial charge in [0.15, 0.2) is 0 Å². The smallest absolute Gasteiger partial charge is 0.337 e. The largest absolute Gasteiger partial charge is 0.497 e. The summed E-state index contributed by atoms with van der Waals surface area (Å²) in [6.45, 7) is 1.46.